The van der Waals surface area contributed by atoms with Crippen molar-refractivity contribution in [3.8, 4) is 11.6 Å². The van der Waals surface area contributed by atoms with Crippen LogP contribution in [0.1, 0.15) is 51.8 Å². The van der Waals surface area contributed by atoms with Gasteiger partial charge in [0, 0.05) is 32.8 Å². The molecule has 2 aliphatic heterocycles. The molecule has 42 heavy (non-hydrogen) atoms. The molecule has 0 spiro atoms. The van der Waals surface area contributed by atoms with Crippen LogP contribution in [0.5, 0.6) is 11.6 Å². The number of thioether (sulfide) groups is 1. The third-order valence-corrected chi connectivity index (χ3v) is 7.96. The summed E-state index contributed by atoms with van der Waals surface area (Å²) in [6, 6.07) is 4.08. The van der Waals surface area contributed by atoms with Crippen LogP contribution in [-0.2, 0) is 9.47 Å². The minimum atomic E-state index is -0.537. The predicted octanol–water partition coefficient (Wildman–Crippen LogP) is 5.35. The molecule has 0 saturated carbocycles. The molecule has 3 aromatic heterocycles. The number of aromatic nitrogens is 6. The number of aryl methyl sites for hydroxylation is 1. The first-order valence-corrected chi connectivity index (χ1v) is 15.5. The molecule has 1 amide bonds. The van der Waals surface area contributed by atoms with Gasteiger partial charge < -0.3 is 24.0 Å². The molecule has 2 fully saturated rings. The maximum absolute atomic E-state index is 12.6. The summed E-state index contributed by atoms with van der Waals surface area (Å²) in [6.45, 7) is 10.6. The largest absolute Gasteiger partial charge is 0.444 e. The van der Waals surface area contributed by atoms with Gasteiger partial charge in [0.05, 0.1) is 28.7 Å². The Bertz CT molecular complexity index is 1610. The topological polar surface area (TPSA) is 121 Å². The summed E-state index contributed by atoms with van der Waals surface area (Å²) in [5.41, 5.74) is 1.93. The summed E-state index contributed by atoms with van der Waals surface area (Å²) < 4.78 is 20.0. The van der Waals surface area contributed by atoms with E-state index < -0.39 is 5.60 Å². The lowest BCUT2D eigenvalue weighted by Gasteiger charge is -2.36. The van der Waals surface area contributed by atoms with Crippen LogP contribution >= 0.6 is 11.8 Å². The Kier molecular flexibility index (Phi) is 7.79. The average Bonchev–Trinajstić information content (AvgIpc) is 3.42. The van der Waals surface area contributed by atoms with Crippen LogP contribution in [0.2, 0.25) is 0 Å². The molecule has 1 atom stereocenters. The number of anilines is 1. The van der Waals surface area contributed by atoms with Gasteiger partial charge in [0.15, 0.2) is 11.4 Å². The van der Waals surface area contributed by atoms with E-state index in [1.165, 1.54) is 11.8 Å². The van der Waals surface area contributed by atoms with Gasteiger partial charge in [0.1, 0.15) is 22.7 Å². The lowest BCUT2D eigenvalue weighted by atomic mass is 10.1. The highest BCUT2D eigenvalue weighted by atomic mass is 32.2. The molecule has 13 heteroatoms. The molecule has 1 aromatic carbocycles. The Morgan fingerprint density at radius 2 is 1.88 bits per heavy atom. The van der Waals surface area contributed by atoms with Crippen molar-refractivity contribution in [2.45, 2.75) is 63.9 Å². The maximum atomic E-state index is 12.6. The molecule has 4 aromatic rings. The molecule has 0 N–H and O–H groups in total. The third kappa shape index (κ3) is 5.67. The van der Waals surface area contributed by atoms with Crippen molar-refractivity contribution < 1.29 is 19.0 Å². The van der Waals surface area contributed by atoms with Crippen molar-refractivity contribution in [2.75, 3.05) is 43.9 Å². The molecule has 0 bridgehead atoms. The molecule has 6 rings (SSSR count). The molecule has 222 valence electrons. The fourth-order valence-corrected chi connectivity index (χ4v) is 5.68. The fourth-order valence-electron chi connectivity index (χ4n) is 5.32. The van der Waals surface area contributed by atoms with E-state index in [1.807, 2.05) is 50.9 Å². The quantitative estimate of drug-likeness (QED) is 0.220. The SMILES string of the molecule is CSc1nc(N2CCN(C(=O)OC(C)(C)C)CC2)c2cnnc(Oc3c(C)ccc4c3cnn4C3CCCCO3)c2n1. The number of rotatable bonds is 5. The number of carbonyl (C=O) groups excluding carboxylic acids is 1. The van der Waals surface area contributed by atoms with E-state index in [-0.39, 0.29) is 12.3 Å². The fraction of sp³-hybridized carbons (Fsp3) is 0.517. The van der Waals surface area contributed by atoms with Crippen molar-refractivity contribution in [3.05, 3.63) is 30.1 Å². The molecule has 0 aliphatic carbocycles. The van der Waals surface area contributed by atoms with E-state index in [4.69, 9.17) is 24.2 Å². The van der Waals surface area contributed by atoms with Crippen molar-refractivity contribution in [2.24, 2.45) is 0 Å². The van der Waals surface area contributed by atoms with Gasteiger partial charge in [0.25, 0.3) is 5.88 Å². The number of carbonyl (C=O) groups is 1. The van der Waals surface area contributed by atoms with E-state index in [1.54, 1.807) is 11.1 Å². The van der Waals surface area contributed by atoms with Gasteiger partial charge in [-0.25, -0.2) is 19.4 Å². The molecule has 5 heterocycles. The van der Waals surface area contributed by atoms with Crippen LogP contribution in [0.25, 0.3) is 21.8 Å². The molecule has 1 unspecified atom stereocenters. The van der Waals surface area contributed by atoms with Crippen LogP contribution in [-0.4, -0.2) is 85.6 Å². The van der Waals surface area contributed by atoms with Gasteiger partial charge in [-0.15, -0.1) is 5.10 Å². The summed E-state index contributed by atoms with van der Waals surface area (Å²) >= 11 is 1.45. The van der Waals surface area contributed by atoms with E-state index in [9.17, 15) is 4.79 Å². The standard InChI is InChI=1S/C29H36N8O4S/c1-18-9-10-21-19(17-31-37(21)22-8-6-7-15-39-22)24(18)40-26-23-20(16-30-34-26)25(33-27(32-23)42-5)35-11-13-36(14-12-35)28(38)41-29(2,3)4/h9-10,16-17,22H,6-8,11-15H2,1-5H3. The van der Waals surface area contributed by atoms with Crippen molar-refractivity contribution in [1.82, 2.24) is 34.8 Å². The third-order valence-electron chi connectivity index (χ3n) is 7.41. The van der Waals surface area contributed by atoms with Crippen LogP contribution in [0.3, 0.4) is 0 Å². The minimum absolute atomic E-state index is 0.0839. The average molecular weight is 593 g/mol. The summed E-state index contributed by atoms with van der Waals surface area (Å²) in [6.07, 6.45) is 8.17. The summed E-state index contributed by atoms with van der Waals surface area (Å²) in [5.74, 6) is 1.70. The van der Waals surface area contributed by atoms with E-state index in [0.717, 1.165) is 53.5 Å². The Morgan fingerprint density at radius 1 is 1.07 bits per heavy atom. The number of nitrogens with zero attached hydrogens (tertiary/aromatic N) is 8. The first kappa shape index (κ1) is 28.4. The molecule has 2 aliphatic rings. The number of ether oxygens (including phenoxy) is 3. The van der Waals surface area contributed by atoms with Crippen LogP contribution < -0.4 is 9.64 Å². The van der Waals surface area contributed by atoms with Gasteiger partial charge in [-0.3, -0.25) is 0 Å². The molecule has 0 radical (unpaired) electrons. The Morgan fingerprint density at radius 3 is 2.60 bits per heavy atom. The number of fused-ring (bicyclic) bond motifs is 2. The summed E-state index contributed by atoms with van der Waals surface area (Å²) in [4.78, 5) is 26.1. The van der Waals surface area contributed by atoms with Gasteiger partial charge >= 0.3 is 6.09 Å². The maximum Gasteiger partial charge on any atom is 0.410 e. The normalized spacial score (nSPS) is 18.1. The summed E-state index contributed by atoms with van der Waals surface area (Å²) in [7, 11) is 0. The number of hydrogen-bond acceptors (Lipinski definition) is 11. The van der Waals surface area contributed by atoms with Gasteiger partial charge in [-0.05, 0) is 64.8 Å². The number of benzene rings is 1. The Hall–Kier alpha value is -3.71. The van der Waals surface area contributed by atoms with Crippen molar-refractivity contribution in [3.63, 3.8) is 0 Å². The Balaban J connectivity index is 1.32. The number of piperazine rings is 1. The second-order valence-corrected chi connectivity index (χ2v) is 12.3. The smallest absolute Gasteiger partial charge is 0.410 e. The van der Waals surface area contributed by atoms with Gasteiger partial charge in [-0.2, -0.15) is 10.2 Å². The number of hydrogen-bond donors (Lipinski definition) is 0. The van der Waals surface area contributed by atoms with E-state index >= 15 is 0 Å². The molecule has 12 nitrogen and oxygen atoms in total. The van der Waals surface area contributed by atoms with Gasteiger partial charge in [-0.1, -0.05) is 17.8 Å². The predicted molar refractivity (Wildman–Crippen MR) is 160 cm³/mol. The lowest BCUT2D eigenvalue weighted by molar-refractivity contribution is -0.0366. The first-order valence-electron chi connectivity index (χ1n) is 14.3. The first-order chi connectivity index (χ1) is 20.2. The lowest BCUT2D eigenvalue weighted by Crippen LogP contribution is -2.50. The van der Waals surface area contributed by atoms with Gasteiger partial charge in [0.2, 0.25) is 0 Å². The monoisotopic (exact) mass is 592 g/mol. The zero-order chi connectivity index (χ0) is 29.4. The zero-order valence-electron chi connectivity index (χ0n) is 24.7. The van der Waals surface area contributed by atoms with Crippen LogP contribution in [0.15, 0.2) is 29.7 Å². The van der Waals surface area contributed by atoms with Crippen molar-refractivity contribution >= 4 is 45.5 Å². The van der Waals surface area contributed by atoms with Crippen LogP contribution in [0, 0.1) is 6.92 Å². The minimum Gasteiger partial charge on any atom is -0.444 e. The molecular formula is C29H36N8O4S. The molecule has 2 saturated heterocycles. The van der Waals surface area contributed by atoms with Crippen LogP contribution in [0.4, 0.5) is 10.6 Å². The Labute approximate surface area is 248 Å². The number of amides is 1. The summed E-state index contributed by atoms with van der Waals surface area (Å²) in [5, 5.41) is 15.5. The zero-order valence-corrected chi connectivity index (χ0v) is 25.5. The second-order valence-electron chi connectivity index (χ2n) is 11.6. The highest BCUT2D eigenvalue weighted by Gasteiger charge is 2.28. The highest BCUT2D eigenvalue weighted by molar-refractivity contribution is 7.98. The highest BCUT2D eigenvalue weighted by Crippen LogP contribution is 2.38. The molecular weight excluding hydrogens is 556 g/mol. The van der Waals surface area contributed by atoms with E-state index in [2.05, 4.69) is 26.3 Å². The second kappa shape index (κ2) is 11.5. The van der Waals surface area contributed by atoms with E-state index in [0.29, 0.717) is 48.5 Å². The van der Waals surface area contributed by atoms with Crippen molar-refractivity contribution in [1.29, 1.82) is 0 Å².